The maximum atomic E-state index is 12.2. The van der Waals surface area contributed by atoms with Crippen molar-refractivity contribution in [3.05, 3.63) is 90.5 Å². The average Bonchev–Trinajstić information content (AvgIpc) is 3.24. The first-order valence-corrected chi connectivity index (χ1v) is 10.2. The second-order valence-electron chi connectivity index (χ2n) is 7.67. The van der Waals surface area contributed by atoms with Crippen LogP contribution in [0.25, 0.3) is 5.69 Å². The number of aromatic nitrogens is 4. The lowest BCUT2D eigenvalue weighted by Crippen LogP contribution is -2.13. The highest BCUT2D eigenvalue weighted by atomic mass is 16.1. The molecule has 1 amide bonds. The van der Waals surface area contributed by atoms with E-state index in [4.69, 9.17) is 0 Å². The van der Waals surface area contributed by atoms with Crippen LogP contribution < -0.4 is 10.6 Å². The Balaban J connectivity index is 1.42. The molecule has 4 rings (SSSR count). The summed E-state index contributed by atoms with van der Waals surface area (Å²) in [5, 5.41) is 14.7. The normalized spacial score (nSPS) is 10.8. The van der Waals surface area contributed by atoms with Gasteiger partial charge in [-0.1, -0.05) is 31.2 Å². The van der Waals surface area contributed by atoms with Gasteiger partial charge in [-0.25, -0.2) is 4.68 Å². The van der Waals surface area contributed by atoms with Crippen molar-refractivity contribution in [1.82, 2.24) is 20.0 Å². The molecule has 2 aromatic heterocycles. The Bertz CT molecular complexity index is 1150. The highest BCUT2D eigenvalue weighted by Crippen LogP contribution is 2.21. The molecule has 0 aliphatic heterocycles. The van der Waals surface area contributed by atoms with E-state index in [1.807, 2.05) is 54.7 Å². The van der Waals surface area contributed by atoms with Crippen molar-refractivity contribution in [2.75, 3.05) is 10.6 Å². The van der Waals surface area contributed by atoms with Crippen LogP contribution in [0.3, 0.4) is 0 Å². The van der Waals surface area contributed by atoms with Crippen molar-refractivity contribution < 1.29 is 4.79 Å². The minimum absolute atomic E-state index is 0.237. The van der Waals surface area contributed by atoms with Gasteiger partial charge in [-0.05, 0) is 66.9 Å². The lowest BCUT2D eigenvalue weighted by atomic mass is 10.1. The van der Waals surface area contributed by atoms with Gasteiger partial charge in [-0.2, -0.15) is 0 Å². The summed E-state index contributed by atoms with van der Waals surface area (Å²) >= 11 is 0. The number of nitrogens with one attached hydrogen (secondary N) is 2. The largest absolute Gasteiger partial charge is 0.355 e. The molecule has 0 aliphatic carbocycles. The van der Waals surface area contributed by atoms with Gasteiger partial charge in [-0.3, -0.25) is 9.78 Å². The average molecular weight is 412 g/mol. The molecular weight excluding hydrogens is 388 g/mol. The van der Waals surface area contributed by atoms with E-state index >= 15 is 0 Å². The Morgan fingerprint density at radius 2 is 1.77 bits per heavy atom. The summed E-state index contributed by atoms with van der Waals surface area (Å²) in [4.78, 5) is 16.3. The summed E-state index contributed by atoms with van der Waals surface area (Å²) in [6.45, 7) is 4.33. The van der Waals surface area contributed by atoms with Gasteiger partial charge >= 0.3 is 0 Å². The second kappa shape index (κ2) is 9.21. The summed E-state index contributed by atoms with van der Waals surface area (Å²) in [7, 11) is 0. The van der Waals surface area contributed by atoms with E-state index in [2.05, 4.69) is 39.8 Å². The molecule has 0 aliphatic rings. The van der Waals surface area contributed by atoms with Gasteiger partial charge in [0, 0.05) is 23.3 Å². The van der Waals surface area contributed by atoms with E-state index in [1.165, 1.54) is 0 Å². The fourth-order valence-corrected chi connectivity index (χ4v) is 3.16. The summed E-state index contributed by atoms with van der Waals surface area (Å²) in [5.74, 6) is 0.300. The number of carbonyl (C=O) groups is 1. The van der Waals surface area contributed by atoms with Crippen LogP contribution in [-0.4, -0.2) is 25.9 Å². The fraction of sp³-hybridized carbons (Fsp3) is 0.167. The molecule has 0 saturated carbocycles. The third kappa shape index (κ3) is 5.33. The molecule has 31 heavy (non-hydrogen) atoms. The zero-order chi connectivity index (χ0) is 21.6. The van der Waals surface area contributed by atoms with Crippen LogP contribution in [0.4, 0.5) is 17.1 Å². The predicted octanol–water partition coefficient (Wildman–Crippen LogP) is 4.86. The van der Waals surface area contributed by atoms with Gasteiger partial charge in [-0.15, -0.1) is 5.10 Å². The van der Waals surface area contributed by atoms with Gasteiger partial charge < -0.3 is 10.6 Å². The van der Waals surface area contributed by atoms with Crippen LogP contribution in [-0.2, 0) is 6.42 Å². The first kappa shape index (κ1) is 20.3. The molecule has 0 bridgehead atoms. The molecule has 2 aromatic carbocycles. The van der Waals surface area contributed by atoms with Crippen LogP contribution in [0.5, 0.6) is 0 Å². The molecule has 4 aromatic rings. The molecule has 2 N–H and O–H groups in total. The third-order valence-electron chi connectivity index (χ3n) is 4.60. The van der Waals surface area contributed by atoms with Crippen molar-refractivity contribution >= 4 is 23.0 Å². The van der Waals surface area contributed by atoms with Crippen LogP contribution in [0.2, 0.25) is 0 Å². The molecule has 156 valence electrons. The Labute approximate surface area is 181 Å². The molecule has 0 atom stereocenters. The topological polar surface area (TPSA) is 84.7 Å². The number of carbonyl (C=O) groups excluding carboxylic acids is 1. The first-order valence-electron chi connectivity index (χ1n) is 10.2. The maximum Gasteiger partial charge on any atom is 0.274 e. The van der Waals surface area contributed by atoms with Crippen LogP contribution in [0.1, 0.15) is 30.0 Å². The van der Waals surface area contributed by atoms with E-state index in [1.54, 1.807) is 29.1 Å². The molecule has 0 radical (unpaired) electrons. The second-order valence-corrected chi connectivity index (χ2v) is 7.67. The van der Waals surface area contributed by atoms with Gasteiger partial charge in [0.2, 0.25) is 0 Å². The number of anilines is 3. The van der Waals surface area contributed by atoms with Gasteiger partial charge in [0.25, 0.3) is 5.91 Å². The Morgan fingerprint density at radius 1 is 0.968 bits per heavy atom. The Kier molecular flexibility index (Phi) is 6.03. The zero-order valence-electron chi connectivity index (χ0n) is 17.5. The van der Waals surface area contributed by atoms with Crippen LogP contribution >= 0.6 is 0 Å². The number of hydrogen-bond donors (Lipinski definition) is 2. The standard InChI is InChI=1S/C24H24N6O/c1-17(2)14-21-16-30(29-28-21)22-7-5-6-20(15-22)26-18-9-11-19(12-10-18)27-24(31)23-8-3-4-13-25-23/h3-13,15-17,26H,14H2,1-2H3,(H,27,31). The number of benzene rings is 2. The molecule has 7 nitrogen and oxygen atoms in total. The molecule has 0 spiro atoms. The molecule has 0 fully saturated rings. The predicted molar refractivity (Wildman–Crippen MR) is 122 cm³/mol. The summed E-state index contributed by atoms with van der Waals surface area (Å²) in [5.41, 5.74) is 4.85. The third-order valence-corrected chi connectivity index (χ3v) is 4.60. The lowest BCUT2D eigenvalue weighted by Gasteiger charge is -2.10. The molecule has 0 saturated heterocycles. The minimum Gasteiger partial charge on any atom is -0.355 e. The number of pyridine rings is 1. The maximum absolute atomic E-state index is 12.2. The van der Waals surface area contributed by atoms with E-state index in [9.17, 15) is 4.79 Å². The molecule has 0 unspecified atom stereocenters. The van der Waals surface area contributed by atoms with E-state index in [0.717, 1.165) is 29.2 Å². The number of rotatable bonds is 7. The smallest absolute Gasteiger partial charge is 0.274 e. The number of hydrogen-bond acceptors (Lipinski definition) is 5. The van der Waals surface area contributed by atoms with Crippen molar-refractivity contribution in [3.8, 4) is 5.69 Å². The Hall–Kier alpha value is -4.00. The van der Waals surface area contributed by atoms with Crippen molar-refractivity contribution in [2.24, 2.45) is 5.92 Å². The van der Waals surface area contributed by atoms with Crippen molar-refractivity contribution in [1.29, 1.82) is 0 Å². The molecule has 2 heterocycles. The first-order chi connectivity index (χ1) is 15.1. The number of nitrogens with zero attached hydrogens (tertiary/aromatic N) is 4. The van der Waals surface area contributed by atoms with Crippen molar-refractivity contribution in [3.63, 3.8) is 0 Å². The van der Waals surface area contributed by atoms with Crippen LogP contribution in [0.15, 0.2) is 79.1 Å². The summed E-state index contributed by atoms with van der Waals surface area (Å²) < 4.78 is 1.79. The van der Waals surface area contributed by atoms with E-state index < -0.39 is 0 Å². The quantitative estimate of drug-likeness (QED) is 0.453. The fourth-order valence-electron chi connectivity index (χ4n) is 3.16. The van der Waals surface area contributed by atoms with Gasteiger partial charge in [0.15, 0.2) is 0 Å². The van der Waals surface area contributed by atoms with E-state index in [-0.39, 0.29) is 5.91 Å². The summed E-state index contributed by atoms with van der Waals surface area (Å²) in [6.07, 6.45) is 4.47. The molecule has 7 heteroatoms. The number of amides is 1. The SMILES string of the molecule is CC(C)Cc1cn(-c2cccc(Nc3ccc(NC(=O)c4ccccn4)cc3)c2)nn1. The van der Waals surface area contributed by atoms with Gasteiger partial charge in [0.1, 0.15) is 5.69 Å². The summed E-state index contributed by atoms with van der Waals surface area (Å²) in [6, 6.07) is 20.8. The lowest BCUT2D eigenvalue weighted by molar-refractivity contribution is 0.102. The highest BCUT2D eigenvalue weighted by Gasteiger charge is 2.08. The van der Waals surface area contributed by atoms with Crippen LogP contribution in [0, 0.1) is 5.92 Å². The minimum atomic E-state index is -0.237. The van der Waals surface area contributed by atoms with Gasteiger partial charge in [0.05, 0.1) is 17.6 Å². The zero-order valence-corrected chi connectivity index (χ0v) is 17.5. The molecular formula is C24H24N6O. The van der Waals surface area contributed by atoms with Crippen molar-refractivity contribution in [2.45, 2.75) is 20.3 Å². The monoisotopic (exact) mass is 412 g/mol. The Morgan fingerprint density at radius 3 is 2.52 bits per heavy atom. The van der Waals surface area contributed by atoms with E-state index in [0.29, 0.717) is 17.3 Å². The highest BCUT2D eigenvalue weighted by molar-refractivity contribution is 6.02.